The zero-order chi connectivity index (χ0) is 28.1. The van der Waals surface area contributed by atoms with Crippen molar-refractivity contribution < 1.29 is 28.2 Å². The van der Waals surface area contributed by atoms with Gasteiger partial charge in [-0.1, -0.05) is 47.6 Å². The molecule has 3 saturated heterocycles. The van der Waals surface area contributed by atoms with E-state index in [1.54, 1.807) is 7.11 Å². The van der Waals surface area contributed by atoms with Crippen molar-refractivity contribution in [1.82, 2.24) is 0 Å². The van der Waals surface area contributed by atoms with Gasteiger partial charge in [-0.2, -0.15) is 0 Å². The van der Waals surface area contributed by atoms with E-state index < -0.39 is 8.32 Å². The second kappa shape index (κ2) is 13.8. The van der Waals surface area contributed by atoms with Gasteiger partial charge in [-0.05, 0) is 74.6 Å². The lowest BCUT2D eigenvalue weighted by Crippen LogP contribution is -2.49. The summed E-state index contributed by atoms with van der Waals surface area (Å²) in [5.74, 6) is 0.846. The van der Waals surface area contributed by atoms with Crippen LogP contribution in [-0.4, -0.2) is 64.1 Å². The van der Waals surface area contributed by atoms with Gasteiger partial charge in [-0.25, -0.2) is 0 Å². The fourth-order valence-electron chi connectivity index (χ4n) is 5.76. The highest BCUT2D eigenvalue weighted by molar-refractivity contribution is 6.74. The Morgan fingerprint density at radius 3 is 2.32 bits per heavy atom. The largest absolute Gasteiger partial charge is 0.458 e. The molecule has 3 unspecified atom stereocenters. The van der Waals surface area contributed by atoms with E-state index >= 15 is 0 Å². The van der Waals surface area contributed by atoms with Gasteiger partial charge in [0.15, 0.2) is 8.32 Å². The van der Waals surface area contributed by atoms with Gasteiger partial charge in [-0.15, -0.1) is 0 Å². The number of methoxy groups -OCH3 is 1. The number of hydrogen-bond donors (Lipinski definition) is 0. The van der Waals surface area contributed by atoms with E-state index in [2.05, 4.69) is 66.8 Å². The normalized spacial score (nSPS) is 36.2. The maximum absolute atomic E-state index is 13.2. The molecule has 3 aliphatic rings. The third-order valence-electron chi connectivity index (χ3n) is 9.13. The zero-order valence-electron chi connectivity index (χ0n) is 25.7. The van der Waals surface area contributed by atoms with E-state index in [-0.39, 0.29) is 60.2 Å². The number of fused-ring (bicyclic) bond motifs is 4. The number of allylic oxidation sites excluding steroid dienone is 1. The molecule has 0 aromatic carbocycles. The van der Waals surface area contributed by atoms with Crippen LogP contribution in [0, 0.1) is 11.8 Å². The molecule has 0 amide bonds. The maximum atomic E-state index is 13.2. The Hall–Kier alpha value is -0.733. The summed E-state index contributed by atoms with van der Waals surface area (Å²) in [6.07, 6.45) is 11.4. The second-order valence-electron chi connectivity index (χ2n) is 14.1. The molecule has 0 spiro atoms. The second-order valence-corrected chi connectivity index (χ2v) is 18.8. The monoisotopic (exact) mass is 552 g/mol. The van der Waals surface area contributed by atoms with Gasteiger partial charge in [0.1, 0.15) is 6.10 Å². The van der Waals surface area contributed by atoms with Crippen LogP contribution < -0.4 is 0 Å². The van der Waals surface area contributed by atoms with Crippen LogP contribution in [0.1, 0.15) is 99.3 Å². The summed E-state index contributed by atoms with van der Waals surface area (Å²) in [7, 11) is -0.159. The van der Waals surface area contributed by atoms with E-state index in [1.807, 2.05) is 0 Å². The van der Waals surface area contributed by atoms with Crippen LogP contribution in [0.25, 0.3) is 0 Å². The van der Waals surface area contributed by atoms with Crippen molar-refractivity contribution >= 4 is 14.3 Å². The molecule has 3 rings (SSSR count). The van der Waals surface area contributed by atoms with Crippen molar-refractivity contribution in [2.75, 3.05) is 7.11 Å². The Balaban J connectivity index is 1.83. The minimum atomic E-state index is -1.96. The molecule has 0 radical (unpaired) electrons. The molecule has 0 aromatic heterocycles. The number of ether oxygens (including phenoxy) is 4. The first kappa shape index (κ1) is 31.8. The standard InChI is InChI=1S/C31H56O6Si/c1-21(2)11-10-12-23-15-24-14-13-22(3)29(35-24)19-25(33-7)16-26-17-28(37-38(8,9)31(4,5)6)18-27(34-26)20-30(32)36-23/h10,12,21-29H,11,13-20H2,1-9H3/b12-10+/t22-,23?,24?,25-,26+,27?,28+,29+/m0/s1. The summed E-state index contributed by atoms with van der Waals surface area (Å²) in [6.45, 7) is 18.1. The molecule has 38 heavy (non-hydrogen) atoms. The van der Waals surface area contributed by atoms with Gasteiger partial charge < -0.3 is 23.4 Å². The molecule has 8 atom stereocenters. The minimum absolute atomic E-state index is 0.0133. The summed E-state index contributed by atoms with van der Waals surface area (Å²) < 4.78 is 32.1. The van der Waals surface area contributed by atoms with Gasteiger partial charge >= 0.3 is 5.97 Å². The molecule has 0 aliphatic carbocycles. The van der Waals surface area contributed by atoms with E-state index in [0.29, 0.717) is 18.3 Å². The van der Waals surface area contributed by atoms with Crippen molar-refractivity contribution in [3.8, 4) is 0 Å². The van der Waals surface area contributed by atoms with Crippen molar-refractivity contribution in [1.29, 1.82) is 0 Å². The first-order chi connectivity index (χ1) is 17.8. The minimum Gasteiger partial charge on any atom is -0.458 e. The first-order valence-electron chi connectivity index (χ1n) is 15.1. The van der Waals surface area contributed by atoms with Crippen LogP contribution in [0.5, 0.6) is 0 Å². The van der Waals surface area contributed by atoms with Crippen molar-refractivity contribution in [3.05, 3.63) is 12.2 Å². The molecule has 0 N–H and O–H groups in total. The molecule has 3 heterocycles. The molecule has 7 heteroatoms. The Labute approximate surface area is 233 Å². The summed E-state index contributed by atoms with van der Waals surface area (Å²) in [4.78, 5) is 13.2. The highest BCUT2D eigenvalue weighted by Gasteiger charge is 2.43. The predicted octanol–water partition coefficient (Wildman–Crippen LogP) is 7.21. The fourth-order valence-corrected chi connectivity index (χ4v) is 7.13. The van der Waals surface area contributed by atoms with Crippen LogP contribution >= 0.6 is 0 Å². The van der Waals surface area contributed by atoms with Gasteiger partial charge in [0.25, 0.3) is 0 Å². The molecule has 4 bridgehead atoms. The lowest BCUT2D eigenvalue weighted by Gasteiger charge is -2.44. The van der Waals surface area contributed by atoms with Gasteiger partial charge in [0, 0.05) is 26.1 Å². The van der Waals surface area contributed by atoms with E-state index in [9.17, 15) is 4.79 Å². The van der Waals surface area contributed by atoms with Crippen LogP contribution in [0.3, 0.4) is 0 Å². The number of cyclic esters (lactones) is 1. The summed E-state index contributed by atoms with van der Waals surface area (Å²) in [5.41, 5.74) is 0. The van der Waals surface area contributed by atoms with Crippen molar-refractivity contribution in [2.24, 2.45) is 11.8 Å². The topological polar surface area (TPSA) is 63.2 Å². The molecular formula is C31H56O6Si. The predicted molar refractivity (Wildman–Crippen MR) is 155 cm³/mol. The van der Waals surface area contributed by atoms with Crippen molar-refractivity contribution in [3.63, 3.8) is 0 Å². The molecular weight excluding hydrogens is 496 g/mol. The molecule has 220 valence electrons. The third-order valence-corrected chi connectivity index (χ3v) is 13.7. The van der Waals surface area contributed by atoms with E-state index in [1.165, 1.54) is 0 Å². The van der Waals surface area contributed by atoms with Crippen LogP contribution in [0.4, 0.5) is 0 Å². The molecule has 0 aromatic rings. The SMILES string of the molecule is CO[C@H]1C[C@@H]2C[C@@H](O[Si](C)(C)C(C)(C)C)CC(CC(=O)OC(/C=C/CC(C)C)CC3CC[C@H](C)[C@@H](C1)O3)O2. The molecule has 6 nitrogen and oxygen atoms in total. The van der Waals surface area contributed by atoms with E-state index in [0.717, 1.165) is 44.9 Å². The summed E-state index contributed by atoms with van der Waals surface area (Å²) >= 11 is 0. The number of esters is 1. The van der Waals surface area contributed by atoms with E-state index in [4.69, 9.17) is 23.4 Å². The molecule has 3 aliphatic heterocycles. The van der Waals surface area contributed by atoms with Crippen molar-refractivity contribution in [2.45, 2.75) is 160 Å². The quantitative estimate of drug-likeness (QED) is 0.197. The Bertz CT molecular complexity index is 775. The average Bonchev–Trinajstić information content (AvgIpc) is 2.78. The Morgan fingerprint density at radius 2 is 1.66 bits per heavy atom. The number of hydrogen-bond acceptors (Lipinski definition) is 6. The molecule has 0 saturated carbocycles. The zero-order valence-corrected chi connectivity index (χ0v) is 26.7. The number of carbonyl (C=O) groups excluding carboxylic acids is 1. The Kier molecular flexibility index (Phi) is 11.5. The highest BCUT2D eigenvalue weighted by atomic mass is 28.4. The van der Waals surface area contributed by atoms with Crippen LogP contribution in [-0.2, 0) is 28.2 Å². The number of carbonyl (C=O) groups is 1. The van der Waals surface area contributed by atoms with Crippen LogP contribution in [0.15, 0.2) is 12.2 Å². The summed E-state index contributed by atoms with van der Waals surface area (Å²) in [5, 5.41) is 0.127. The molecule has 3 fully saturated rings. The lowest BCUT2D eigenvalue weighted by atomic mass is 9.87. The highest BCUT2D eigenvalue weighted by Crippen LogP contribution is 2.40. The Morgan fingerprint density at radius 1 is 0.974 bits per heavy atom. The smallest absolute Gasteiger partial charge is 0.309 e. The van der Waals surface area contributed by atoms with Crippen LogP contribution in [0.2, 0.25) is 18.1 Å². The van der Waals surface area contributed by atoms with Gasteiger partial charge in [0.05, 0.1) is 36.9 Å². The number of rotatable bonds is 6. The third kappa shape index (κ3) is 9.43. The lowest BCUT2D eigenvalue weighted by molar-refractivity contribution is -0.164. The first-order valence-corrected chi connectivity index (χ1v) is 18.0. The fraction of sp³-hybridized carbons (Fsp3) is 0.903. The summed E-state index contributed by atoms with van der Waals surface area (Å²) in [6, 6.07) is 0. The van der Waals surface area contributed by atoms with Gasteiger partial charge in [-0.3, -0.25) is 4.79 Å². The average molecular weight is 553 g/mol. The van der Waals surface area contributed by atoms with Gasteiger partial charge in [0.2, 0.25) is 0 Å². The maximum Gasteiger partial charge on any atom is 0.309 e.